The zero-order valence-corrected chi connectivity index (χ0v) is 21.3. The number of carbonyl (C=O) groups excluding carboxylic acids is 2. The number of rotatable bonds is 4. The molecule has 2 aliphatic heterocycles. The number of fused-ring (bicyclic) bond motifs is 1. The molecule has 0 bridgehead atoms. The topological polar surface area (TPSA) is 61.9 Å². The van der Waals surface area contributed by atoms with Crippen LogP contribution in [-0.4, -0.2) is 35.6 Å². The van der Waals surface area contributed by atoms with Crippen LogP contribution in [0, 0.1) is 0 Å². The van der Waals surface area contributed by atoms with Crippen molar-refractivity contribution in [3.63, 3.8) is 0 Å². The first-order chi connectivity index (χ1) is 16.0. The number of amides is 2. The second kappa shape index (κ2) is 8.87. The van der Waals surface area contributed by atoms with Crippen LogP contribution in [0.25, 0.3) is 6.08 Å². The predicted octanol–water partition coefficient (Wildman–Crippen LogP) is 5.03. The molecule has 7 heteroatoms. The van der Waals surface area contributed by atoms with E-state index in [2.05, 4.69) is 57.0 Å². The number of nitrogens with one attached hydrogen (secondary N) is 1. The van der Waals surface area contributed by atoms with Crippen molar-refractivity contribution in [2.45, 2.75) is 58.5 Å². The Morgan fingerprint density at radius 2 is 1.82 bits per heavy atom. The second-order valence-corrected chi connectivity index (χ2v) is 10.2. The minimum atomic E-state index is -0.490. The summed E-state index contributed by atoms with van der Waals surface area (Å²) in [7, 11) is 1.58. The highest BCUT2D eigenvalue weighted by atomic mass is 32.1. The Balaban J connectivity index is 1.72. The van der Waals surface area contributed by atoms with E-state index < -0.39 is 11.8 Å². The van der Waals surface area contributed by atoms with Crippen molar-refractivity contribution in [3.05, 3.63) is 59.2 Å². The molecule has 0 aromatic heterocycles. The number of thiocarbonyl (C=S) groups is 1. The van der Waals surface area contributed by atoms with Crippen LogP contribution in [0.4, 0.5) is 11.4 Å². The van der Waals surface area contributed by atoms with Crippen molar-refractivity contribution in [2.24, 2.45) is 0 Å². The Labute approximate surface area is 206 Å². The summed E-state index contributed by atoms with van der Waals surface area (Å²) in [6, 6.07) is 13.5. The van der Waals surface area contributed by atoms with Gasteiger partial charge in [-0.15, -0.1) is 0 Å². The molecular formula is C27H31N3O3S. The van der Waals surface area contributed by atoms with Crippen LogP contribution in [0.5, 0.6) is 5.75 Å². The molecule has 1 N–H and O–H groups in total. The van der Waals surface area contributed by atoms with Crippen LogP contribution in [0.2, 0.25) is 0 Å². The summed E-state index contributed by atoms with van der Waals surface area (Å²) in [4.78, 5) is 29.9. The first kappa shape index (κ1) is 24.0. The van der Waals surface area contributed by atoms with Gasteiger partial charge in [-0.25, -0.2) is 0 Å². The van der Waals surface area contributed by atoms with Gasteiger partial charge in [-0.1, -0.05) is 13.0 Å². The van der Waals surface area contributed by atoms with Gasteiger partial charge in [-0.05, 0) is 106 Å². The summed E-state index contributed by atoms with van der Waals surface area (Å²) >= 11 is 5.31. The zero-order chi connectivity index (χ0) is 24.8. The number of anilines is 2. The molecule has 178 valence electrons. The maximum Gasteiger partial charge on any atom is 0.270 e. The van der Waals surface area contributed by atoms with Gasteiger partial charge < -0.3 is 9.64 Å². The van der Waals surface area contributed by atoms with Crippen LogP contribution >= 0.6 is 12.2 Å². The van der Waals surface area contributed by atoms with Gasteiger partial charge in [0.1, 0.15) is 11.3 Å². The molecule has 0 radical (unpaired) electrons. The predicted molar refractivity (Wildman–Crippen MR) is 140 cm³/mol. The van der Waals surface area contributed by atoms with Gasteiger partial charge in [-0.2, -0.15) is 0 Å². The van der Waals surface area contributed by atoms with Crippen LogP contribution in [0.3, 0.4) is 0 Å². The Kier molecular flexibility index (Phi) is 6.25. The fraction of sp³-hybridized carbons (Fsp3) is 0.370. The summed E-state index contributed by atoms with van der Waals surface area (Å²) in [6.45, 7) is 11.2. The number of hydrogen-bond donors (Lipinski definition) is 1. The van der Waals surface area contributed by atoms with Gasteiger partial charge in [0, 0.05) is 17.3 Å². The molecule has 1 fully saturated rings. The molecule has 2 aromatic carbocycles. The van der Waals surface area contributed by atoms with Crippen molar-refractivity contribution in [1.29, 1.82) is 0 Å². The number of benzene rings is 2. The summed E-state index contributed by atoms with van der Waals surface area (Å²) in [6.07, 6.45) is 2.68. The van der Waals surface area contributed by atoms with Gasteiger partial charge in [-0.3, -0.25) is 19.8 Å². The average molecular weight is 478 g/mol. The van der Waals surface area contributed by atoms with E-state index in [1.165, 1.54) is 16.2 Å². The van der Waals surface area contributed by atoms with Crippen LogP contribution in [0.1, 0.15) is 58.1 Å². The standard InChI is InChI=1S/C27H31N3O3S/c1-16(2)30-23-12-7-18(13-21(23)17(3)15-27(30,4)5)14-22-24(31)28-26(34)29(25(22)32)19-8-10-20(33-6)11-9-19/h7-14,16-17H,15H2,1-6H3,(H,28,31,34)/b22-14+/t17-/m0/s1. The molecule has 2 aliphatic rings. The SMILES string of the molecule is COc1ccc(N2C(=O)/C(=C/c3ccc4c(c3)[C@@H](C)CC(C)(C)N4C(C)C)C(=O)NC2=S)cc1. The second-order valence-electron chi connectivity index (χ2n) is 9.86. The van der Waals surface area contributed by atoms with Gasteiger partial charge in [0.25, 0.3) is 11.8 Å². The molecule has 6 nitrogen and oxygen atoms in total. The maximum absolute atomic E-state index is 13.4. The first-order valence-electron chi connectivity index (χ1n) is 11.5. The van der Waals surface area contributed by atoms with E-state index in [0.717, 1.165) is 12.0 Å². The molecule has 0 spiro atoms. The lowest BCUT2D eigenvalue weighted by Gasteiger charge is -2.50. The van der Waals surface area contributed by atoms with Gasteiger partial charge in [0.15, 0.2) is 5.11 Å². The maximum atomic E-state index is 13.4. The summed E-state index contributed by atoms with van der Waals surface area (Å²) < 4.78 is 5.20. The summed E-state index contributed by atoms with van der Waals surface area (Å²) in [5.74, 6) is 0.0865. The third-order valence-corrected chi connectivity index (χ3v) is 6.84. The normalized spacial score (nSPS) is 21.1. The van der Waals surface area contributed by atoms with E-state index in [-0.39, 0.29) is 16.2 Å². The van der Waals surface area contributed by atoms with E-state index >= 15 is 0 Å². The largest absolute Gasteiger partial charge is 0.497 e. The molecule has 0 unspecified atom stereocenters. The molecule has 2 aromatic rings. The average Bonchev–Trinajstić information content (AvgIpc) is 2.76. The highest BCUT2D eigenvalue weighted by Gasteiger charge is 2.38. The minimum absolute atomic E-state index is 0.0499. The Hall–Kier alpha value is -3.19. The molecule has 4 rings (SSSR count). The molecule has 2 heterocycles. The number of ether oxygens (including phenoxy) is 1. The van der Waals surface area contributed by atoms with Gasteiger partial charge in [0.05, 0.1) is 12.8 Å². The number of hydrogen-bond acceptors (Lipinski definition) is 5. The summed E-state index contributed by atoms with van der Waals surface area (Å²) in [5.41, 5.74) is 3.92. The van der Waals surface area contributed by atoms with E-state index in [4.69, 9.17) is 17.0 Å². The highest BCUT2D eigenvalue weighted by molar-refractivity contribution is 7.80. The van der Waals surface area contributed by atoms with Crippen molar-refractivity contribution in [2.75, 3.05) is 16.9 Å². The summed E-state index contributed by atoms with van der Waals surface area (Å²) in [5, 5.41) is 2.71. The Bertz CT molecular complexity index is 1180. The fourth-order valence-electron chi connectivity index (χ4n) is 5.33. The molecule has 0 aliphatic carbocycles. The lowest BCUT2D eigenvalue weighted by molar-refractivity contribution is -0.122. The van der Waals surface area contributed by atoms with E-state index in [1.54, 1.807) is 37.5 Å². The van der Waals surface area contributed by atoms with E-state index in [0.29, 0.717) is 23.4 Å². The van der Waals surface area contributed by atoms with Gasteiger partial charge >= 0.3 is 0 Å². The Morgan fingerprint density at radius 1 is 1.15 bits per heavy atom. The minimum Gasteiger partial charge on any atom is -0.497 e. The third kappa shape index (κ3) is 4.20. The number of carbonyl (C=O) groups is 2. The van der Waals surface area contributed by atoms with Crippen molar-refractivity contribution in [3.8, 4) is 5.75 Å². The molecule has 34 heavy (non-hydrogen) atoms. The lowest BCUT2D eigenvalue weighted by atomic mass is 9.78. The van der Waals surface area contributed by atoms with Crippen molar-refractivity contribution < 1.29 is 14.3 Å². The molecule has 1 atom stereocenters. The number of methoxy groups -OCH3 is 1. The zero-order valence-electron chi connectivity index (χ0n) is 20.5. The molecule has 1 saturated heterocycles. The number of nitrogens with zero attached hydrogens (tertiary/aromatic N) is 2. The smallest absolute Gasteiger partial charge is 0.270 e. The fourth-order valence-corrected chi connectivity index (χ4v) is 5.61. The lowest BCUT2D eigenvalue weighted by Crippen LogP contribution is -2.54. The van der Waals surface area contributed by atoms with Crippen LogP contribution < -0.4 is 19.9 Å². The van der Waals surface area contributed by atoms with Crippen molar-refractivity contribution >= 4 is 46.6 Å². The monoisotopic (exact) mass is 477 g/mol. The molecule has 2 amide bonds. The third-order valence-electron chi connectivity index (χ3n) is 6.56. The van der Waals surface area contributed by atoms with Crippen LogP contribution in [-0.2, 0) is 9.59 Å². The molecular weight excluding hydrogens is 446 g/mol. The quantitative estimate of drug-likeness (QED) is 0.380. The Morgan fingerprint density at radius 3 is 2.44 bits per heavy atom. The van der Waals surface area contributed by atoms with E-state index in [1.807, 2.05) is 6.07 Å². The van der Waals surface area contributed by atoms with Crippen molar-refractivity contribution in [1.82, 2.24) is 5.32 Å². The molecule has 0 saturated carbocycles. The van der Waals surface area contributed by atoms with Gasteiger partial charge in [0.2, 0.25) is 0 Å². The highest BCUT2D eigenvalue weighted by Crippen LogP contribution is 2.44. The first-order valence-corrected chi connectivity index (χ1v) is 11.9. The van der Waals surface area contributed by atoms with E-state index in [9.17, 15) is 9.59 Å². The van der Waals surface area contributed by atoms with Crippen LogP contribution in [0.15, 0.2) is 48.0 Å².